The van der Waals surface area contributed by atoms with E-state index in [0.717, 1.165) is 12.1 Å². The third-order valence-corrected chi connectivity index (χ3v) is 2.54. The molecule has 2 aromatic rings. The van der Waals surface area contributed by atoms with E-state index >= 15 is 0 Å². The molecule has 78 valence electrons. The number of hydrogen-bond acceptors (Lipinski definition) is 2. The Balaban J connectivity index is 2.27. The van der Waals surface area contributed by atoms with Gasteiger partial charge in [-0.3, -0.25) is 5.10 Å². The first-order chi connectivity index (χ1) is 7.15. The Bertz CT molecular complexity index is 471. The molecular formula is C12H15N3. The average molecular weight is 201 g/mol. The van der Waals surface area contributed by atoms with Crippen LogP contribution in [0.2, 0.25) is 0 Å². The van der Waals surface area contributed by atoms with Gasteiger partial charge in [-0.05, 0) is 25.0 Å². The van der Waals surface area contributed by atoms with Gasteiger partial charge in [-0.15, -0.1) is 0 Å². The Morgan fingerprint density at radius 1 is 1.27 bits per heavy atom. The average Bonchev–Trinajstić information content (AvgIpc) is 2.58. The van der Waals surface area contributed by atoms with Crippen molar-refractivity contribution in [2.45, 2.75) is 20.3 Å². The molecule has 0 aliphatic rings. The monoisotopic (exact) mass is 201 g/mol. The molecule has 0 unspecified atom stereocenters. The number of nitrogen functional groups attached to an aromatic ring is 1. The van der Waals surface area contributed by atoms with Gasteiger partial charge in [0.2, 0.25) is 0 Å². The molecule has 0 amide bonds. The number of nitrogens with two attached hydrogens (primary N) is 1. The van der Waals surface area contributed by atoms with Crippen molar-refractivity contribution in [3.05, 3.63) is 46.6 Å². The summed E-state index contributed by atoms with van der Waals surface area (Å²) in [5.74, 6) is 0.551. The highest BCUT2D eigenvalue weighted by atomic mass is 15.1. The molecular weight excluding hydrogens is 186 g/mol. The normalized spacial score (nSPS) is 10.5. The van der Waals surface area contributed by atoms with Gasteiger partial charge in [-0.1, -0.05) is 23.8 Å². The first kappa shape index (κ1) is 9.77. The predicted octanol–water partition coefficient (Wildman–Crippen LogP) is 2.20. The number of rotatable bonds is 2. The Kier molecular flexibility index (Phi) is 2.46. The minimum Gasteiger partial charge on any atom is -0.382 e. The molecule has 3 nitrogen and oxygen atoms in total. The molecule has 0 atom stereocenters. The third-order valence-electron chi connectivity index (χ3n) is 2.54. The summed E-state index contributed by atoms with van der Waals surface area (Å²) >= 11 is 0. The first-order valence-corrected chi connectivity index (χ1v) is 5.01. The maximum Gasteiger partial charge on any atom is 0.145 e. The van der Waals surface area contributed by atoms with E-state index in [1.54, 1.807) is 0 Å². The predicted molar refractivity (Wildman–Crippen MR) is 61.7 cm³/mol. The first-order valence-electron chi connectivity index (χ1n) is 5.01. The summed E-state index contributed by atoms with van der Waals surface area (Å²) in [5.41, 5.74) is 10.5. The number of aromatic nitrogens is 2. The van der Waals surface area contributed by atoms with Crippen LogP contribution in [0.5, 0.6) is 0 Å². The van der Waals surface area contributed by atoms with Gasteiger partial charge < -0.3 is 5.73 Å². The fourth-order valence-electron chi connectivity index (χ4n) is 1.67. The van der Waals surface area contributed by atoms with Crippen LogP contribution in [0.1, 0.15) is 22.4 Å². The maximum absolute atomic E-state index is 5.56. The summed E-state index contributed by atoms with van der Waals surface area (Å²) in [5, 5.41) is 6.84. The highest BCUT2D eigenvalue weighted by Crippen LogP contribution is 2.15. The van der Waals surface area contributed by atoms with Crippen LogP contribution < -0.4 is 5.73 Å². The van der Waals surface area contributed by atoms with Gasteiger partial charge in [0, 0.05) is 18.2 Å². The molecule has 0 saturated heterocycles. The number of aromatic amines is 1. The Morgan fingerprint density at radius 2 is 2.07 bits per heavy atom. The maximum atomic E-state index is 5.56. The van der Waals surface area contributed by atoms with E-state index in [1.807, 2.05) is 6.07 Å². The van der Waals surface area contributed by atoms with Crippen LogP contribution in [0, 0.1) is 13.8 Å². The van der Waals surface area contributed by atoms with Crippen molar-refractivity contribution in [2.75, 3.05) is 5.73 Å². The van der Waals surface area contributed by atoms with Crippen LogP contribution in [0.4, 0.5) is 5.82 Å². The van der Waals surface area contributed by atoms with Gasteiger partial charge in [0.1, 0.15) is 5.82 Å². The molecule has 15 heavy (non-hydrogen) atoms. The highest BCUT2D eigenvalue weighted by molar-refractivity contribution is 5.36. The molecule has 0 radical (unpaired) electrons. The molecule has 1 heterocycles. The van der Waals surface area contributed by atoms with Crippen molar-refractivity contribution >= 4 is 5.82 Å². The zero-order chi connectivity index (χ0) is 10.8. The smallest absolute Gasteiger partial charge is 0.145 e. The number of nitrogens with one attached hydrogen (secondary N) is 1. The highest BCUT2D eigenvalue weighted by Gasteiger charge is 2.02. The number of H-pyrrole nitrogens is 1. The number of hydrogen-bond donors (Lipinski definition) is 2. The fraction of sp³-hybridized carbons (Fsp3) is 0.250. The molecule has 0 aliphatic heterocycles. The molecule has 0 fully saturated rings. The molecule has 0 saturated carbocycles. The lowest BCUT2D eigenvalue weighted by atomic mass is 10.0. The molecule has 3 heteroatoms. The summed E-state index contributed by atoms with van der Waals surface area (Å²) in [6, 6.07) is 8.35. The van der Waals surface area contributed by atoms with Crippen molar-refractivity contribution in [2.24, 2.45) is 0 Å². The minimum absolute atomic E-state index is 0.551. The molecule has 2 rings (SSSR count). The van der Waals surface area contributed by atoms with Crippen LogP contribution in [0.15, 0.2) is 24.3 Å². The number of nitrogens with zero attached hydrogens (tertiary/aromatic N) is 1. The second-order valence-electron chi connectivity index (χ2n) is 3.92. The molecule has 1 aromatic carbocycles. The van der Waals surface area contributed by atoms with E-state index in [4.69, 9.17) is 5.73 Å². The molecule has 0 aliphatic carbocycles. The lowest BCUT2D eigenvalue weighted by Gasteiger charge is -2.05. The summed E-state index contributed by atoms with van der Waals surface area (Å²) in [4.78, 5) is 0. The molecule has 1 aromatic heterocycles. The molecule has 0 bridgehead atoms. The number of aryl methyl sites for hydroxylation is 2. The van der Waals surface area contributed by atoms with Gasteiger partial charge >= 0.3 is 0 Å². The molecule has 0 spiro atoms. The van der Waals surface area contributed by atoms with Crippen molar-refractivity contribution in [3.8, 4) is 0 Å². The summed E-state index contributed by atoms with van der Waals surface area (Å²) < 4.78 is 0. The van der Waals surface area contributed by atoms with Crippen LogP contribution in [-0.4, -0.2) is 10.2 Å². The van der Waals surface area contributed by atoms with E-state index in [0.29, 0.717) is 5.82 Å². The van der Waals surface area contributed by atoms with E-state index in [1.165, 1.54) is 16.7 Å². The van der Waals surface area contributed by atoms with Gasteiger partial charge in [-0.25, -0.2) is 0 Å². The van der Waals surface area contributed by atoms with Crippen molar-refractivity contribution in [1.82, 2.24) is 10.2 Å². The van der Waals surface area contributed by atoms with Crippen LogP contribution in [-0.2, 0) is 6.42 Å². The minimum atomic E-state index is 0.551. The van der Waals surface area contributed by atoms with Gasteiger partial charge in [0.05, 0.1) is 0 Å². The second-order valence-corrected chi connectivity index (χ2v) is 3.92. The van der Waals surface area contributed by atoms with Crippen molar-refractivity contribution in [3.63, 3.8) is 0 Å². The van der Waals surface area contributed by atoms with Crippen LogP contribution in [0.3, 0.4) is 0 Å². The fourth-order valence-corrected chi connectivity index (χ4v) is 1.67. The number of anilines is 1. The third kappa shape index (κ3) is 2.18. The summed E-state index contributed by atoms with van der Waals surface area (Å²) in [6.07, 6.45) is 0.859. The Hall–Kier alpha value is -1.77. The van der Waals surface area contributed by atoms with Crippen molar-refractivity contribution < 1.29 is 0 Å². The molecule has 3 N–H and O–H groups in total. The van der Waals surface area contributed by atoms with Crippen LogP contribution in [0.25, 0.3) is 0 Å². The van der Waals surface area contributed by atoms with Crippen LogP contribution >= 0.6 is 0 Å². The second kappa shape index (κ2) is 3.77. The zero-order valence-corrected chi connectivity index (χ0v) is 9.04. The SMILES string of the molecule is Cc1ccc(C)c(Cc2cc(N)n[nH]2)c1. The quantitative estimate of drug-likeness (QED) is 0.782. The van der Waals surface area contributed by atoms with E-state index in [9.17, 15) is 0 Å². The van der Waals surface area contributed by atoms with E-state index in [2.05, 4.69) is 42.2 Å². The Morgan fingerprint density at radius 3 is 2.73 bits per heavy atom. The summed E-state index contributed by atoms with van der Waals surface area (Å²) in [6.45, 7) is 4.22. The lowest BCUT2D eigenvalue weighted by Crippen LogP contribution is -1.93. The Labute approximate surface area is 89.3 Å². The zero-order valence-electron chi connectivity index (χ0n) is 9.04. The van der Waals surface area contributed by atoms with E-state index in [-0.39, 0.29) is 0 Å². The summed E-state index contributed by atoms with van der Waals surface area (Å²) in [7, 11) is 0. The van der Waals surface area contributed by atoms with Gasteiger partial charge in [0.25, 0.3) is 0 Å². The number of benzene rings is 1. The standard InChI is InChI=1S/C12H15N3/c1-8-3-4-9(2)10(5-8)6-11-7-12(13)15-14-11/h3-5,7H,6H2,1-2H3,(H3,13,14,15). The lowest BCUT2D eigenvalue weighted by molar-refractivity contribution is 0.992. The van der Waals surface area contributed by atoms with E-state index < -0.39 is 0 Å². The van der Waals surface area contributed by atoms with Gasteiger partial charge in [-0.2, -0.15) is 5.10 Å². The van der Waals surface area contributed by atoms with Crippen molar-refractivity contribution in [1.29, 1.82) is 0 Å². The topological polar surface area (TPSA) is 54.7 Å². The van der Waals surface area contributed by atoms with Gasteiger partial charge in [0.15, 0.2) is 0 Å². The largest absolute Gasteiger partial charge is 0.382 e.